The standard InChI is InChI=1S/C15H13N3O/c1-11-14(12-7-3-2-4-8-12)17-15(19)18(11)13-9-5-6-10-16-13/h2-10H,1H3,(H,17,19). The van der Waals surface area contributed by atoms with Crippen LogP contribution >= 0.6 is 0 Å². The summed E-state index contributed by atoms with van der Waals surface area (Å²) in [5.41, 5.74) is 2.51. The van der Waals surface area contributed by atoms with Crippen LogP contribution in [0.1, 0.15) is 5.69 Å². The Labute approximate surface area is 110 Å². The highest BCUT2D eigenvalue weighted by Gasteiger charge is 2.13. The third-order valence-corrected chi connectivity index (χ3v) is 3.07. The molecular formula is C15H13N3O. The predicted molar refractivity (Wildman–Crippen MR) is 74.4 cm³/mol. The van der Waals surface area contributed by atoms with Crippen molar-refractivity contribution >= 4 is 0 Å². The average Bonchev–Trinajstić information content (AvgIpc) is 2.76. The fraction of sp³-hybridized carbons (Fsp3) is 0.0667. The van der Waals surface area contributed by atoms with Crippen LogP contribution in [0.15, 0.2) is 59.5 Å². The van der Waals surface area contributed by atoms with E-state index >= 15 is 0 Å². The van der Waals surface area contributed by atoms with Gasteiger partial charge in [0.25, 0.3) is 0 Å². The van der Waals surface area contributed by atoms with Crippen LogP contribution < -0.4 is 5.69 Å². The van der Waals surface area contributed by atoms with Gasteiger partial charge in [-0.25, -0.2) is 14.3 Å². The fourth-order valence-electron chi connectivity index (χ4n) is 2.17. The van der Waals surface area contributed by atoms with Crippen LogP contribution in [0.2, 0.25) is 0 Å². The van der Waals surface area contributed by atoms with Gasteiger partial charge in [0, 0.05) is 6.20 Å². The summed E-state index contributed by atoms with van der Waals surface area (Å²) in [6, 6.07) is 15.3. The van der Waals surface area contributed by atoms with Gasteiger partial charge in [-0.05, 0) is 24.6 Å². The first kappa shape index (κ1) is 11.5. The molecule has 0 spiro atoms. The molecule has 0 saturated heterocycles. The van der Waals surface area contributed by atoms with E-state index in [-0.39, 0.29) is 5.69 Å². The minimum atomic E-state index is -0.171. The maximum atomic E-state index is 12.1. The van der Waals surface area contributed by atoms with E-state index in [0.717, 1.165) is 17.0 Å². The fourth-order valence-corrected chi connectivity index (χ4v) is 2.17. The molecule has 1 aromatic carbocycles. The summed E-state index contributed by atoms with van der Waals surface area (Å²) in [4.78, 5) is 19.2. The number of hydrogen-bond acceptors (Lipinski definition) is 2. The molecule has 3 rings (SSSR count). The minimum absolute atomic E-state index is 0.171. The summed E-state index contributed by atoms with van der Waals surface area (Å²) in [5.74, 6) is 0.628. The Kier molecular flexibility index (Phi) is 2.76. The Bertz CT molecular complexity index is 742. The normalized spacial score (nSPS) is 10.6. The van der Waals surface area contributed by atoms with Gasteiger partial charge in [0.05, 0.1) is 11.4 Å². The molecule has 2 heterocycles. The van der Waals surface area contributed by atoms with Crippen molar-refractivity contribution in [2.45, 2.75) is 6.92 Å². The monoisotopic (exact) mass is 251 g/mol. The maximum absolute atomic E-state index is 12.1. The first-order valence-electron chi connectivity index (χ1n) is 6.06. The Hall–Kier alpha value is -2.62. The maximum Gasteiger partial charge on any atom is 0.332 e. The summed E-state index contributed by atoms with van der Waals surface area (Å²) >= 11 is 0. The molecule has 94 valence electrons. The molecule has 1 N–H and O–H groups in total. The SMILES string of the molecule is Cc1c(-c2ccccc2)[nH]c(=O)n1-c1ccccn1. The van der Waals surface area contributed by atoms with E-state index < -0.39 is 0 Å². The average molecular weight is 251 g/mol. The van der Waals surface area contributed by atoms with Crippen molar-refractivity contribution in [1.29, 1.82) is 0 Å². The molecule has 3 aromatic rings. The van der Waals surface area contributed by atoms with Crippen LogP contribution in [0.5, 0.6) is 0 Å². The lowest BCUT2D eigenvalue weighted by Crippen LogP contribution is -2.16. The molecule has 0 unspecified atom stereocenters. The number of rotatable bonds is 2. The van der Waals surface area contributed by atoms with Gasteiger partial charge in [-0.3, -0.25) is 0 Å². The molecule has 0 bridgehead atoms. The first-order chi connectivity index (χ1) is 9.27. The summed E-state index contributed by atoms with van der Waals surface area (Å²) in [6.07, 6.45) is 1.68. The first-order valence-corrected chi connectivity index (χ1v) is 6.06. The quantitative estimate of drug-likeness (QED) is 0.761. The van der Waals surface area contributed by atoms with Crippen LogP contribution in [0.4, 0.5) is 0 Å². The van der Waals surface area contributed by atoms with Crippen LogP contribution in [0.3, 0.4) is 0 Å². The van der Waals surface area contributed by atoms with Crippen molar-refractivity contribution in [2.24, 2.45) is 0 Å². The topological polar surface area (TPSA) is 50.7 Å². The van der Waals surface area contributed by atoms with E-state index in [2.05, 4.69) is 9.97 Å². The van der Waals surface area contributed by atoms with Gasteiger partial charge >= 0.3 is 5.69 Å². The van der Waals surface area contributed by atoms with Gasteiger partial charge in [-0.2, -0.15) is 0 Å². The molecule has 0 amide bonds. The van der Waals surface area contributed by atoms with Crippen LogP contribution in [-0.2, 0) is 0 Å². The lowest BCUT2D eigenvalue weighted by atomic mass is 10.1. The highest BCUT2D eigenvalue weighted by molar-refractivity contribution is 5.62. The van der Waals surface area contributed by atoms with Gasteiger partial charge in [0.2, 0.25) is 0 Å². The van der Waals surface area contributed by atoms with Crippen LogP contribution in [0, 0.1) is 6.92 Å². The van der Waals surface area contributed by atoms with Crippen molar-refractivity contribution in [3.8, 4) is 17.1 Å². The molecule has 2 aromatic heterocycles. The largest absolute Gasteiger partial charge is 0.332 e. The number of aromatic nitrogens is 3. The zero-order valence-electron chi connectivity index (χ0n) is 10.5. The smallest absolute Gasteiger partial charge is 0.305 e. The molecule has 4 heteroatoms. The van der Waals surface area contributed by atoms with Gasteiger partial charge in [-0.1, -0.05) is 36.4 Å². The van der Waals surface area contributed by atoms with Gasteiger partial charge in [0.15, 0.2) is 0 Å². The zero-order chi connectivity index (χ0) is 13.2. The second-order valence-corrected chi connectivity index (χ2v) is 4.28. The molecule has 0 aliphatic rings. The Morgan fingerprint density at radius 3 is 2.47 bits per heavy atom. The number of H-pyrrole nitrogens is 1. The summed E-state index contributed by atoms with van der Waals surface area (Å²) in [7, 11) is 0. The predicted octanol–water partition coefficient (Wildman–Crippen LogP) is 2.54. The third-order valence-electron chi connectivity index (χ3n) is 3.07. The van der Waals surface area contributed by atoms with E-state index in [4.69, 9.17) is 0 Å². The van der Waals surface area contributed by atoms with Crippen molar-refractivity contribution in [3.05, 3.63) is 70.9 Å². The summed E-state index contributed by atoms with van der Waals surface area (Å²) in [6.45, 7) is 1.91. The Morgan fingerprint density at radius 2 is 1.79 bits per heavy atom. The molecule has 0 aliphatic heterocycles. The minimum Gasteiger partial charge on any atom is -0.305 e. The molecule has 0 saturated carbocycles. The van der Waals surface area contributed by atoms with E-state index in [1.807, 2.05) is 55.5 Å². The molecule has 19 heavy (non-hydrogen) atoms. The third kappa shape index (κ3) is 1.97. The molecular weight excluding hydrogens is 238 g/mol. The van der Waals surface area contributed by atoms with Gasteiger partial charge in [0.1, 0.15) is 5.82 Å². The Morgan fingerprint density at radius 1 is 1.05 bits per heavy atom. The molecule has 4 nitrogen and oxygen atoms in total. The van der Waals surface area contributed by atoms with Crippen LogP contribution in [-0.4, -0.2) is 14.5 Å². The zero-order valence-corrected chi connectivity index (χ0v) is 10.5. The number of benzene rings is 1. The lowest BCUT2D eigenvalue weighted by Gasteiger charge is -2.04. The summed E-state index contributed by atoms with van der Waals surface area (Å²) in [5, 5.41) is 0. The second kappa shape index (κ2) is 4.57. The number of imidazole rings is 1. The van der Waals surface area contributed by atoms with Crippen molar-refractivity contribution in [2.75, 3.05) is 0 Å². The lowest BCUT2D eigenvalue weighted by molar-refractivity contribution is 0.908. The highest BCUT2D eigenvalue weighted by atomic mass is 16.1. The van der Waals surface area contributed by atoms with E-state index in [0.29, 0.717) is 5.82 Å². The molecule has 0 atom stereocenters. The van der Waals surface area contributed by atoms with E-state index in [9.17, 15) is 4.79 Å². The van der Waals surface area contributed by atoms with Crippen molar-refractivity contribution in [3.63, 3.8) is 0 Å². The number of hydrogen-bond donors (Lipinski definition) is 1. The number of nitrogens with one attached hydrogen (secondary N) is 1. The number of aromatic amines is 1. The number of pyridine rings is 1. The van der Waals surface area contributed by atoms with Crippen molar-refractivity contribution < 1.29 is 0 Å². The molecule has 0 aliphatic carbocycles. The molecule has 0 fully saturated rings. The summed E-state index contributed by atoms with van der Waals surface area (Å²) < 4.78 is 1.59. The second-order valence-electron chi connectivity index (χ2n) is 4.28. The highest BCUT2D eigenvalue weighted by Crippen LogP contribution is 2.20. The Balaban J connectivity index is 2.20. The molecule has 0 radical (unpaired) electrons. The van der Waals surface area contributed by atoms with Crippen LogP contribution in [0.25, 0.3) is 17.1 Å². The van der Waals surface area contributed by atoms with E-state index in [1.54, 1.807) is 10.8 Å². The van der Waals surface area contributed by atoms with E-state index in [1.165, 1.54) is 0 Å². The van der Waals surface area contributed by atoms with Gasteiger partial charge < -0.3 is 4.98 Å². The van der Waals surface area contributed by atoms with Gasteiger partial charge in [-0.15, -0.1) is 0 Å². The number of nitrogens with zero attached hydrogens (tertiary/aromatic N) is 2. The van der Waals surface area contributed by atoms with Crippen molar-refractivity contribution in [1.82, 2.24) is 14.5 Å².